The van der Waals surface area contributed by atoms with Crippen molar-refractivity contribution in [3.8, 4) is 5.75 Å². The molecule has 4 nitrogen and oxygen atoms in total. The second-order valence-corrected chi connectivity index (χ2v) is 5.75. The van der Waals surface area contributed by atoms with Crippen molar-refractivity contribution in [3.05, 3.63) is 18.0 Å². The first-order chi connectivity index (χ1) is 9.11. The zero-order valence-corrected chi connectivity index (χ0v) is 12.7. The summed E-state index contributed by atoms with van der Waals surface area (Å²) in [7, 11) is 5.82. The maximum Gasteiger partial charge on any atom is 0.164 e. The number of likely N-dealkylation sites (N-methyl/N-ethyl adjacent to an activating group) is 1. The molecule has 1 aromatic heterocycles. The van der Waals surface area contributed by atoms with Crippen LogP contribution in [-0.4, -0.2) is 47.8 Å². The van der Waals surface area contributed by atoms with Crippen molar-refractivity contribution in [2.24, 2.45) is 0 Å². The molecule has 1 aliphatic carbocycles. The number of halogens is 1. The van der Waals surface area contributed by atoms with Crippen LogP contribution < -0.4 is 4.74 Å². The van der Waals surface area contributed by atoms with E-state index in [0.29, 0.717) is 0 Å². The quantitative estimate of drug-likeness (QED) is 0.778. The number of rotatable bonds is 5. The van der Waals surface area contributed by atoms with E-state index in [4.69, 9.17) is 16.3 Å². The zero-order valence-electron chi connectivity index (χ0n) is 11.9. The Hall–Kier alpha value is -1.00. The Kier molecular flexibility index (Phi) is 4.88. The summed E-state index contributed by atoms with van der Waals surface area (Å²) in [5.41, 5.74) is 2.36. The lowest BCUT2D eigenvalue weighted by atomic mass is 9.96. The summed E-state index contributed by atoms with van der Waals surface area (Å²) in [6.45, 7) is 1.81. The standard InChI is InChI=1S/C14H22ClN3O/c1-17(2)7-8-18-14(13(19-3)10-16-18)11-5-4-6-12(15)9-11/h9-10,12H,4-8H2,1-3H3. The number of methoxy groups -OCH3 is 1. The minimum Gasteiger partial charge on any atom is -0.493 e. The van der Waals surface area contributed by atoms with Gasteiger partial charge in [0.2, 0.25) is 0 Å². The lowest BCUT2D eigenvalue weighted by Crippen LogP contribution is -2.20. The van der Waals surface area contributed by atoms with Gasteiger partial charge in [-0.25, -0.2) is 0 Å². The molecule has 19 heavy (non-hydrogen) atoms. The van der Waals surface area contributed by atoms with Crippen molar-refractivity contribution in [1.82, 2.24) is 14.7 Å². The molecular formula is C14H22ClN3O. The van der Waals surface area contributed by atoms with E-state index in [1.165, 1.54) is 5.57 Å². The number of allylic oxidation sites excluding steroid dienone is 2. The van der Waals surface area contributed by atoms with Gasteiger partial charge in [-0.2, -0.15) is 5.10 Å². The summed E-state index contributed by atoms with van der Waals surface area (Å²) in [4.78, 5) is 2.15. The molecule has 1 heterocycles. The van der Waals surface area contributed by atoms with E-state index in [1.807, 2.05) is 4.68 Å². The van der Waals surface area contributed by atoms with Crippen molar-refractivity contribution >= 4 is 17.2 Å². The molecule has 106 valence electrons. The number of aromatic nitrogens is 2. The van der Waals surface area contributed by atoms with Gasteiger partial charge in [-0.05, 0) is 38.9 Å². The number of ether oxygens (including phenoxy) is 1. The van der Waals surface area contributed by atoms with Gasteiger partial charge in [0.1, 0.15) is 5.69 Å². The maximum absolute atomic E-state index is 6.25. The highest BCUT2D eigenvalue weighted by molar-refractivity contribution is 6.22. The molecule has 0 spiro atoms. The normalized spacial score (nSPS) is 19.6. The Labute approximate surface area is 120 Å². The highest BCUT2D eigenvalue weighted by atomic mass is 35.5. The van der Waals surface area contributed by atoms with Crippen LogP contribution >= 0.6 is 11.6 Å². The van der Waals surface area contributed by atoms with E-state index in [-0.39, 0.29) is 5.38 Å². The van der Waals surface area contributed by atoms with Crippen LogP contribution in [-0.2, 0) is 6.54 Å². The van der Waals surface area contributed by atoms with Crippen LogP contribution in [0.2, 0.25) is 0 Å². The van der Waals surface area contributed by atoms with Gasteiger partial charge < -0.3 is 9.64 Å². The Bertz CT molecular complexity index is 454. The Morgan fingerprint density at radius 1 is 1.53 bits per heavy atom. The van der Waals surface area contributed by atoms with E-state index in [2.05, 4.69) is 30.2 Å². The zero-order chi connectivity index (χ0) is 13.8. The molecule has 0 aromatic carbocycles. The van der Waals surface area contributed by atoms with Crippen LogP contribution in [0.25, 0.3) is 5.57 Å². The predicted octanol–water partition coefficient (Wildman–Crippen LogP) is 2.63. The van der Waals surface area contributed by atoms with Crippen LogP contribution in [0.15, 0.2) is 12.3 Å². The summed E-state index contributed by atoms with van der Waals surface area (Å²) in [5.74, 6) is 0.843. The van der Waals surface area contributed by atoms with E-state index in [1.54, 1.807) is 13.3 Å². The molecule has 1 aliphatic rings. The molecule has 0 saturated heterocycles. The van der Waals surface area contributed by atoms with E-state index in [9.17, 15) is 0 Å². The van der Waals surface area contributed by atoms with Crippen molar-refractivity contribution < 1.29 is 4.74 Å². The van der Waals surface area contributed by atoms with Crippen LogP contribution in [0, 0.1) is 0 Å². The van der Waals surface area contributed by atoms with E-state index < -0.39 is 0 Å². The van der Waals surface area contributed by atoms with Gasteiger partial charge in [-0.3, -0.25) is 4.68 Å². The molecule has 0 saturated carbocycles. The third kappa shape index (κ3) is 3.51. The van der Waals surface area contributed by atoms with Crippen molar-refractivity contribution in [2.75, 3.05) is 27.7 Å². The third-order valence-electron chi connectivity index (χ3n) is 3.40. The van der Waals surface area contributed by atoms with Gasteiger partial charge in [-0.15, -0.1) is 11.6 Å². The minimum absolute atomic E-state index is 0.130. The first-order valence-corrected chi connectivity index (χ1v) is 7.15. The average molecular weight is 284 g/mol. The van der Waals surface area contributed by atoms with Crippen molar-refractivity contribution in [3.63, 3.8) is 0 Å². The largest absolute Gasteiger partial charge is 0.493 e. The first kappa shape index (κ1) is 14.4. The molecule has 0 bridgehead atoms. The van der Waals surface area contributed by atoms with Gasteiger partial charge in [-0.1, -0.05) is 6.08 Å². The molecule has 1 aromatic rings. The molecular weight excluding hydrogens is 262 g/mol. The first-order valence-electron chi connectivity index (χ1n) is 6.71. The monoisotopic (exact) mass is 283 g/mol. The highest BCUT2D eigenvalue weighted by Gasteiger charge is 2.20. The van der Waals surface area contributed by atoms with Gasteiger partial charge in [0.25, 0.3) is 0 Å². The number of nitrogens with zero attached hydrogens (tertiary/aromatic N) is 3. The van der Waals surface area contributed by atoms with Crippen LogP contribution in [0.4, 0.5) is 0 Å². The SMILES string of the molecule is COc1cnn(CCN(C)C)c1C1=CC(Cl)CCC1. The molecule has 2 rings (SSSR count). The summed E-state index contributed by atoms with van der Waals surface area (Å²) in [5, 5.41) is 4.57. The lowest BCUT2D eigenvalue weighted by molar-refractivity contribution is 0.369. The Morgan fingerprint density at radius 2 is 2.32 bits per heavy atom. The van der Waals surface area contributed by atoms with E-state index >= 15 is 0 Å². The van der Waals surface area contributed by atoms with Gasteiger partial charge in [0.15, 0.2) is 5.75 Å². The Morgan fingerprint density at radius 3 is 2.95 bits per heavy atom. The number of hydrogen-bond donors (Lipinski definition) is 0. The fraction of sp³-hybridized carbons (Fsp3) is 0.643. The number of alkyl halides is 1. The number of hydrogen-bond acceptors (Lipinski definition) is 3. The van der Waals surface area contributed by atoms with Crippen LogP contribution in [0.1, 0.15) is 25.0 Å². The molecule has 5 heteroatoms. The maximum atomic E-state index is 6.25. The van der Waals surface area contributed by atoms with Gasteiger partial charge in [0.05, 0.1) is 25.2 Å². The van der Waals surface area contributed by atoms with Crippen molar-refractivity contribution in [2.45, 2.75) is 31.2 Å². The van der Waals surface area contributed by atoms with Crippen LogP contribution in [0.3, 0.4) is 0 Å². The van der Waals surface area contributed by atoms with Crippen molar-refractivity contribution in [1.29, 1.82) is 0 Å². The second-order valence-electron chi connectivity index (χ2n) is 5.19. The smallest absolute Gasteiger partial charge is 0.164 e. The second kappa shape index (κ2) is 6.44. The predicted molar refractivity (Wildman–Crippen MR) is 78.8 cm³/mol. The summed E-state index contributed by atoms with van der Waals surface area (Å²) in [6, 6.07) is 0. The highest BCUT2D eigenvalue weighted by Crippen LogP contribution is 2.34. The molecule has 0 fully saturated rings. The lowest BCUT2D eigenvalue weighted by Gasteiger charge is -2.19. The molecule has 0 aliphatic heterocycles. The molecule has 0 radical (unpaired) electrons. The summed E-state index contributed by atoms with van der Waals surface area (Å²) in [6.07, 6.45) is 7.18. The van der Waals surface area contributed by atoms with Crippen LogP contribution in [0.5, 0.6) is 5.75 Å². The molecule has 1 atom stereocenters. The average Bonchev–Trinajstić information content (AvgIpc) is 2.79. The summed E-state index contributed by atoms with van der Waals surface area (Å²) >= 11 is 6.25. The topological polar surface area (TPSA) is 30.3 Å². The molecule has 0 amide bonds. The fourth-order valence-corrected chi connectivity index (χ4v) is 2.68. The third-order valence-corrected chi connectivity index (χ3v) is 3.74. The molecule has 0 N–H and O–H groups in total. The van der Waals surface area contributed by atoms with Gasteiger partial charge >= 0.3 is 0 Å². The fourth-order valence-electron chi connectivity index (χ4n) is 2.38. The van der Waals surface area contributed by atoms with E-state index in [0.717, 1.165) is 43.8 Å². The Balaban J connectivity index is 2.28. The summed E-state index contributed by atoms with van der Waals surface area (Å²) < 4.78 is 7.47. The van der Waals surface area contributed by atoms with Gasteiger partial charge in [0, 0.05) is 6.54 Å². The molecule has 1 unspecified atom stereocenters. The minimum atomic E-state index is 0.130.